The number of methoxy groups -OCH3 is 2. The molecule has 0 aliphatic rings. The molecule has 0 saturated heterocycles. The number of carbonyl (C=O) groups is 2. The Morgan fingerprint density at radius 2 is 1.79 bits per heavy atom. The fourth-order valence-electron chi connectivity index (χ4n) is 1.44. The third kappa shape index (κ3) is 3.51. The van der Waals surface area contributed by atoms with Gasteiger partial charge in [-0.3, -0.25) is 9.59 Å². The summed E-state index contributed by atoms with van der Waals surface area (Å²) in [5, 5.41) is 4.85. The second-order valence-corrected chi connectivity index (χ2v) is 3.65. The van der Waals surface area contributed by atoms with Crippen molar-refractivity contribution >= 4 is 17.5 Å². The molecule has 7 nitrogen and oxygen atoms in total. The molecule has 0 aromatic heterocycles. The number of nitrogen functional groups attached to an aromatic ring is 1. The molecule has 104 valence electrons. The van der Waals surface area contributed by atoms with Crippen LogP contribution < -0.4 is 25.8 Å². The summed E-state index contributed by atoms with van der Waals surface area (Å²) in [5.74, 6) is 0.0686. The average Bonchev–Trinajstić information content (AvgIpc) is 2.43. The summed E-state index contributed by atoms with van der Waals surface area (Å²) in [5.41, 5.74) is 6.23. The molecule has 2 amide bonds. The molecule has 1 aromatic carbocycles. The highest BCUT2D eigenvalue weighted by atomic mass is 16.5. The molecule has 0 fully saturated rings. The minimum absolute atomic E-state index is 0.122. The number of nitrogens with two attached hydrogens (primary N) is 1. The van der Waals surface area contributed by atoms with Crippen LogP contribution in [0, 0.1) is 0 Å². The summed E-state index contributed by atoms with van der Waals surface area (Å²) in [7, 11) is 4.42. The van der Waals surface area contributed by atoms with E-state index in [1.165, 1.54) is 33.4 Å². The number of hydrogen-bond acceptors (Lipinski definition) is 5. The third-order valence-electron chi connectivity index (χ3n) is 2.49. The summed E-state index contributed by atoms with van der Waals surface area (Å²) < 4.78 is 10.2. The first kappa shape index (κ1) is 14.6. The van der Waals surface area contributed by atoms with E-state index in [-0.39, 0.29) is 23.7 Å². The lowest BCUT2D eigenvalue weighted by Gasteiger charge is -2.12. The van der Waals surface area contributed by atoms with Gasteiger partial charge in [0.25, 0.3) is 5.91 Å². The van der Waals surface area contributed by atoms with Crippen LogP contribution in [0.3, 0.4) is 0 Å². The van der Waals surface area contributed by atoms with Crippen molar-refractivity contribution in [2.45, 2.75) is 0 Å². The van der Waals surface area contributed by atoms with E-state index < -0.39 is 5.91 Å². The molecule has 7 heteroatoms. The molecule has 0 saturated carbocycles. The number of carbonyl (C=O) groups excluding carboxylic acids is 2. The van der Waals surface area contributed by atoms with Crippen LogP contribution in [-0.4, -0.2) is 39.6 Å². The normalized spacial score (nSPS) is 9.63. The molecule has 1 aromatic rings. The fraction of sp³-hybridized carbons (Fsp3) is 0.333. The van der Waals surface area contributed by atoms with E-state index in [0.29, 0.717) is 11.5 Å². The number of benzene rings is 1. The van der Waals surface area contributed by atoms with Crippen LogP contribution in [0.25, 0.3) is 0 Å². The zero-order valence-electron chi connectivity index (χ0n) is 11.1. The van der Waals surface area contributed by atoms with Crippen molar-refractivity contribution in [1.82, 2.24) is 10.6 Å². The Hall–Kier alpha value is -2.44. The largest absolute Gasteiger partial charge is 0.493 e. The number of ether oxygens (including phenoxy) is 2. The zero-order chi connectivity index (χ0) is 14.4. The standard InChI is InChI=1S/C12H17N3O4/c1-14-11(16)6-15-12(17)7-4-9(18-2)10(19-3)5-8(7)13/h4-5H,6,13H2,1-3H3,(H,14,16)(H,15,17). The van der Waals surface area contributed by atoms with Crippen LogP contribution >= 0.6 is 0 Å². The Labute approximate surface area is 111 Å². The van der Waals surface area contributed by atoms with E-state index >= 15 is 0 Å². The predicted molar refractivity (Wildman–Crippen MR) is 70.4 cm³/mol. The molecule has 0 aliphatic carbocycles. The van der Waals surface area contributed by atoms with Crippen molar-refractivity contribution in [3.63, 3.8) is 0 Å². The maximum atomic E-state index is 11.9. The molecule has 0 unspecified atom stereocenters. The van der Waals surface area contributed by atoms with Gasteiger partial charge in [-0.15, -0.1) is 0 Å². The van der Waals surface area contributed by atoms with Gasteiger partial charge < -0.3 is 25.8 Å². The van der Waals surface area contributed by atoms with Crippen molar-refractivity contribution in [2.24, 2.45) is 0 Å². The predicted octanol–water partition coefficient (Wildman–Crippen LogP) is -0.238. The molecule has 0 spiro atoms. The first-order valence-corrected chi connectivity index (χ1v) is 5.53. The number of nitrogens with one attached hydrogen (secondary N) is 2. The molecule has 4 N–H and O–H groups in total. The Kier molecular flexibility index (Phi) is 4.99. The average molecular weight is 267 g/mol. The van der Waals surface area contributed by atoms with Crippen molar-refractivity contribution < 1.29 is 19.1 Å². The molecular weight excluding hydrogens is 250 g/mol. The van der Waals surface area contributed by atoms with Gasteiger partial charge in [0, 0.05) is 18.8 Å². The summed E-state index contributed by atoms with van der Waals surface area (Å²) in [4.78, 5) is 22.9. The first-order chi connectivity index (χ1) is 9.03. The van der Waals surface area contributed by atoms with Gasteiger partial charge in [0.15, 0.2) is 11.5 Å². The van der Waals surface area contributed by atoms with Gasteiger partial charge in [0.1, 0.15) is 0 Å². The molecule has 0 radical (unpaired) electrons. The van der Waals surface area contributed by atoms with Gasteiger partial charge >= 0.3 is 0 Å². The fourth-order valence-corrected chi connectivity index (χ4v) is 1.44. The molecule has 0 aliphatic heterocycles. The van der Waals surface area contributed by atoms with Crippen molar-refractivity contribution in [1.29, 1.82) is 0 Å². The highest BCUT2D eigenvalue weighted by Crippen LogP contribution is 2.31. The van der Waals surface area contributed by atoms with Gasteiger partial charge in [0.2, 0.25) is 5.91 Å². The Morgan fingerprint density at radius 3 is 2.32 bits per heavy atom. The first-order valence-electron chi connectivity index (χ1n) is 5.53. The van der Waals surface area contributed by atoms with Crippen LogP contribution in [-0.2, 0) is 4.79 Å². The zero-order valence-corrected chi connectivity index (χ0v) is 11.1. The van der Waals surface area contributed by atoms with Crippen molar-refractivity contribution in [3.8, 4) is 11.5 Å². The lowest BCUT2D eigenvalue weighted by molar-refractivity contribution is -0.119. The molecular formula is C12H17N3O4. The number of anilines is 1. The summed E-state index contributed by atoms with van der Waals surface area (Å²) in [6.45, 7) is -0.122. The van der Waals surface area contributed by atoms with E-state index in [1.54, 1.807) is 0 Å². The van der Waals surface area contributed by atoms with Gasteiger partial charge in [0.05, 0.1) is 26.3 Å². The van der Waals surface area contributed by atoms with Crippen LogP contribution in [0.1, 0.15) is 10.4 Å². The summed E-state index contributed by atoms with van der Waals surface area (Å²) in [6, 6.07) is 2.96. The topological polar surface area (TPSA) is 103 Å². The van der Waals surface area contributed by atoms with Crippen LogP contribution in [0.4, 0.5) is 5.69 Å². The lowest BCUT2D eigenvalue weighted by Crippen LogP contribution is -2.35. The second-order valence-electron chi connectivity index (χ2n) is 3.65. The van der Waals surface area contributed by atoms with E-state index in [9.17, 15) is 9.59 Å². The number of amides is 2. The minimum atomic E-state index is -0.456. The molecule has 0 atom stereocenters. The maximum Gasteiger partial charge on any atom is 0.253 e. The summed E-state index contributed by atoms with van der Waals surface area (Å²) in [6.07, 6.45) is 0. The van der Waals surface area contributed by atoms with E-state index in [4.69, 9.17) is 15.2 Å². The van der Waals surface area contributed by atoms with Gasteiger partial charge in [-0.2, -0.15) is 0 Å². The smallest absolute Gasteiger partial charge is 0.253 e. The Morgan fingerprint density at radius 1 is 1.21 bits per heavy atom. The highest BCUT2D eigenvalue weighted by Gasteiger charge is 2.15. The van der Waals surface area contributed by atoms with E-state index in [2.05, 4.69) is 10.6 Å². The molecule has 1 rings (SSSR count). The van der Waals surface area contributed by atoms with Crippen molar-refractivity contribution in [2.75, 3.05) is 33.5 Å². The molecule has 0 bridgehead atoms. The third-order valence-corrected chi connectivity index (χ3v) is 2.49. The second kappa shape index (κ2) is 6.48. The maximum absolute atomic E-state index is 11.9. The monoisotopic (exact) mass is 267 g/mol. The molecule has 0 heterocycles. The SMILES string of the molecule is CNC(=O)CNC(=O)c1cc(OC)c(OC)cc1N. The Balaban J connectivity index is 2.93. The van der Waals surface area contributed by atoms with E-state index in [0.717, 1.165) is 0 Å². The number of rotatable bonds is 5. The van der Waals surface area contributed by atoms with Crippen molar-refractivity contribution in [3.05, 3.63) is 17.7 Å². The van der Waals surface area contributed by atoms with E-state index in [1.807, 2.05) is 0 Å². The Bertz CT molecular complexity index is 488. The number of likely N-dealkylation sites (N-methyl/N-ethyl adjacent to an activating group) is 1. The van der Waals surface area contributed by atoms with Gasteiger partial charge in [-0.1, -0.05) is 0 Å². The summed E-state index contributed by atoms with van der Waals surface area (Å²) >= 11 is 0. The van der Waals surface area contributed by atoms with Gasteiger partial charge in [-0.05, 0) is 6.07 Å². The van der Waals surface area contributed by atoms with Crippen LogP contribution in [0.15, 0.2) is 12.1 Å². The number of hydrogen-bond donors (Lipinski definition) is 3. The highest BCUT2D eigenvalue weighted by molar-refractivity contribution is 6.01. The van der Waals surface area contributed by atoms with Gasteiger partial charge in [-0.25, -0.2) is 0 Å². The van der Waals surface area contributed by atoms with Crippen LogP contribution in [0.2, 0.25) is 0 Å². The molecule has 19 heavy (non-hydrogen) atoms. The lowest BCUT2D eigenvalue weighted by atomic mass is 10.1. The minimum Gasteiger partial charge on any atom is -0.493 e. The van der Waals surface area contributed by atoms with Crippen LogP contribution in [0.5, 0.6) is 11.5 Å². The quantitative estimate of drug-likeness (QED) is 0.639.